The van der Waals surface area contributed by atoms with E-state index in [0.29, 0.717) is 6.61 Å². The minimum atomic E-state index is -0.155. The van der Waals surface area contributed by atoms with E-state index in [1.165, 1.54) is 0 Å². The minimum Gasteiger partial charge on any atom is -0.384 e. The third-order valence-corrected chi connectivity index (χ3v) is 3.37. The quantitative estimate of drug-likeness (QED) is 0.806. The van der Waals surface area contributed by atoms with Gasteiger partial charge >= 0.3 is 0 Å². The van der Waals surface area contributed by atoms with Crippen LogP contribution in [0, 0.1) is 24.7 Å². The number of carbonyl (C=O) groups is 1. The number of aliphatic hydroxyl groups is 1. The van der Waals surface area contributed by atoms with Gasteiger partial charge in [0, 0.05) is 11.3 Å². The molecule has 1 amide bonds. The maximum atomic E-state index is 12.1. The van der Waals surface area contributed by atoms with Crippen LogP contribution in [-0.4, -0.2) is 30.3 Å². The number of amides is 1. The standard InChI is InChI=1S/C16H19NO3/c1-11-8-13(4-3-7-18)5-6-15(11)17-16(19)14-9-12(2)20-10-14/h5-6,8,12,14,18H,7,9-10H2,1-2H3,(H,17,19). The Hall–Kier alpha value is -1.83. The predicted octanol–water partition coefficient (Wildman–Crippen LogP) is 1.70. The second-order valence-electron chi connectivity index (χ2n) is 5.06. The molecule has 106 valence electrons. The fourth-order valence-corrected chi connectivity index (χ4v) is 2.26. The third kappa shape index (κ3) is 3.60. The summed E-state index contributed by atoms with van der Waals surface area (Å²) in [7, 11) is 0. The molecule has 2 N–H and O–H groups in total. The lowest BCUT2D eigenvalue weighted by molar-refractivity contribution is -0.119. The normalized spacial score (nSPS) is 21.1. The summed E-state index contributed by atoms with van der Waals surface area (Å²) in [5.74, 6) is 5.38. The number of ether oxygens (including phenoxy) is 1. The Balaban J connectivity index is 2.04. The van der Waals surface area contributed by atoms with Gasteiger partial charge in [-0.25, -0.2) is 0 Å². The smallest absolute Gasteiger partial charge is 0.229 e. The van der Waals surface area contributed by atoms with Gasteiger partial charge in [0.25, 0.3) is 0 Å². The Morgan fingerprint density at radius 1 is 1.55 bits per heavy atom. The lowest BCUT2D eigenvalue weighted by Crippen LogP contribution is -2.23. The molecular weight excluding hydrogens is 254 g/mol. The molecule has 1 aromatic carbocycles. The van der Waals surface area contributed by atoms with Crippen LogP contribution >= 0.6 is 0 Å². The van der Waals surface area contributed by atoms with Crippen molar-refractivity contribution in [2.24, 2.45) is 5.92 Å². The first-order valence-corrected chi connectivity index (χ1v) is 6.73. The number of benzene rings is 1. The summed E-state index contributed by atoms with van der Waals surface area (Å²) in [6.07, 6.45) is 0.924. The SMILES string of the molecule is Cc1cc(C#CCO)ccc1NC(=O)C1COC(C)C1. The van der Waals surface area contributed by atoms with E-state index in [2.05, 4.69) is 17.2 Å². The van der Waals surface area contributed by atoms with Gasteiger partial charge in [-0.1, -0.05) is 11.8 Å². The molecule has 2 rings (SSSR count). The molecule has 2 atom stereocenters. The Morgan fingerprint density at radius 2 is 2.35 bits per heavy atom. The molecule has 0 spiro atoms. The van der Waals surface area contributed by atoms with Gasteiger partial charge in [-0.2, -0.15) is 0 Å². The third-order valence-electron chi connectivity index (χ3n) is 3.37. The van der Waals surface area contributed by atoms with Crippen molar-refractivity contribution in [3.63, 3.8) is 0 Å². The molecule has 4 nitrogen and oxygen atoms in total. The van der Waals surface area contributed by atoms with E-state index in [1.54, 1.807) is 0 Å². The van der Waals surface area contributed by atoms with Gasteiger partial charge in [0.2, 0.25) is 5.91 Å². The van der Waals surface area contributed by atoms with E-state index in [0.717, 1.165) is 23.2 Å². The molecule has 0 bridgehead atoms. The van der Waals surface area contributed by atoms with Crippen LogP contribution in [-0.2, 0) is 9.53 Å². The van der Waals surface area contributed by atoms with Crippen LogP contribution in [0.4, 0.5) is 5.69 Å². The molecule has 0 saturated carbocycles. The van der Waals surface area contributed by atoms with Crippen LogP contribution in [0.1, 0.15) is 24.5 Å². The number of anilines is 1. The highest BCUT2D eigenvalue weighted by Crippen LogP contribution is 2.22. The molecule has 1 saturated heterocycles. The van der Waals surface area contributed by atoms with E-state index in [9.17, 15) is 4.79 Å². The van der Waals surface area contributed by atoms with Gasteiger partial charge in [0.05, 0.1) is 18.6 Å². The van der Waals surface area contributed by atoms with Crippen molar-refractivity contribution in [3.8, 4) is 11.8 Å². The Morgan fingerprint density at radius 3 is 2.95 bits per heavy atom. The summed E-state index contributed by atoms with van der Waals surface area (Å²) in [5, 5.41) is 11.6. The molecule has 0 aromatic heterocycles. The summed E-state index contributed by atoms with van der Waals surface area (Å²) >= 11 is 0. The molecule has 1 fully saturated rings. The first-order chi connectivity index (χ1) is 9.60. The average Bonchev–Trinajstić information content (AvgIpc) is 2.86. The molecule has 1 aromatic rings. The molecule has 0 aliphatic carbocycles. The van der Waals surface area contributed by atoms with Crippen LogP contribution in [0.25, 0.3) is 0 Å². The first-order valence-electron chi connectivity index (χ1n) is 6.73. The van der Waals surface area contributed by atoms with Crippen LogP contribution < -0.4 is 5.32 Å². The van der Waals surface area contributed by atoms with E-state index in [-0.39, 0.29) is 24.5 Å². The molecule has 1 heterocycles. The molecule has 4 heteroatoms. The van der Waals surface area contributed by atoms with Gasteiger partial charge in [-0.3, -0.25) is 4.79 Å². The second kappa shape index (κ2) is 6.56. The molecule has 20 heavy (non-hydrogen) atoms. The lowest BCUT2D eigenvalue weighted by atomic mass is 10.0. The fraction of sp³-hybridized carbons (Fsp3) is 0.438. The number of nitrogens with one attached hydrogen (secondary N) is 1. The Bertz CT molecular complexity index is 557. The second-order valence-corrected chi connectivity index (χ2v) is 5.06. The van der Waals surface area contributed by atoms with E-state index >= 15 is 0 Å². The van der Waals surface area contributed by atoms with Gasteiger partial charge in [0.15, 0.2) is 0 Å². The van der Waals surface area contributed by atoms with Crippen LogP contribution in [0.15, 0.2) is 18.2 Å². The highest BCUT2D eigenvalue weighted by atomic mass is 16.5. The van der Waals surface area contributed by atoms with Crippen LogP contribution in [0.3, 0.4) is 0 Å². The largest absolute Gasteiger partial charge is 0.384 e. The fourth-order valence-electron chi connectivity index (χ4n) is 2.26. The molecule has 0 radical (unpaired) electrons. The van der Waals surface area contributed by atoms with Crippen molar-refractivity contribution in [2.45, 2.75) is 26.4 Å². The molecule has 1 aliphatic heterocycles. The van der Waals surface area contributed by atoms with Crippen molar-refractivity contribution in [3.05, 3.63) is 29.3 Å². The monoisotopic (exact) mass is 273 g/mol. The van der Waals surface area contributed by atoms with Crippen molar-refractivity contribution in [1.82, 2.24) is 0 Å². The van der Waals surface area contributed by atoms with E-state index in [1.807, 2.05) is 32.0 Å². The maximum absolute atomic E-state index is 12.1. The average molecular weight is 273 g/mol. The molecular formula is C16H19NO3. The van der Waals surface area contributed by atoms with Gasteiger partial charge < -0.3 is 15.2 Å². The Kier molecular flexibility index (Phi) is 4.78. The lowest BCUT2D eigenvalue weighted by Gasteiger charge is -2.12. The maximum Gasteiger partial charge on any atom is 0.229 e. The first kappa shape index (κ1) is 14.6. The summed E-state index contributed by atoms with van der Waals surface area (Å²) in [6, 6.07) is 5.57. The van der Waals surface area contributed by atoms with Gasteiger partial charge in [-0.05, 0) is 44.0 Å². The molecule has 2 unspecified atom stereocenters. The summed E-state index contributed by atoms with van der Waals surface area (Å²) in [5.41, 5.74) is 2.58. The van der Waals surface area contributed by atoms with Crippen molar-refractivity contribution in [1.29, 1.82) is 0 Å². The van der Waals surface area contributed by atoms with E-state index < -0.39 is 0 Å². The zero-order chi connectivity index (χ0) is 14.5. The van der Waals surface area contributed by atoms with Crippen LogP contribution in [0.2, 0.25) is 0 Å². The topological polar surface area (TPSA) is 58.6 Å². The number of aliphatic hydroxyl groups excluding tert-OH is 1. The number of rotatable bonds is 2. The highest BCUT2D eigenvalue weighted by molar-refractivity contribution is 5.93. The van der Waals surface area contributed by atoms with Gasteiger partial charge in [-0.15, -0.1) is 0 Å². The number of hydrogen-bond donors (Lipinski definition) is 2. The molecule has 1 aliphatic rings. The summed E-state index contributed by atoms with van der Waals surface area (Å²) in [6.45, 7) is 4.24. The van der Waals surface area contributed by atoms with Crippen molar-refractivity contribution < 1.29 is 14.6 Å². The predicted molar refractivity (Wildman–Crippen MR) is 77.3 cm³/mol. The van der Waals surface area contributed by atoms with Crippen LogP contribution in [0.5, 0.6) is 0 Å². The summed E-state index contributed by atoms with van der Waals surface area (Å²) in [4.78, 5) is 12.1. The van der Waals surface area contributed by atoms with Crippen molar-refractivity contribution in [2.75, 3.05) is 18.5 Å². The van der Waals surface area contributed by atoms with E-state index in [4.69, 9.17) is 9.84 Å². The number of hydrogen-bond acceptors (Lipinski definition) is 3. The van der Waals surface area contributed by atoms with Crippen molar-refractivity contribution >= 4 is 11.6 Å². The van der Waals surface area contributed by atoms with Gasteiger partial charge in [0.1, 0.15) is 6.61 Å². The highest BCUT2D eigenvalue weighted by Gasteiger charge is 2.28. The minimum absolute atomic E-state index is 0.00615. The Labute approximate surface area is 119 Å². The number of aryl methyl sites for hydroxylation is 1. The number of carbonyl (C=O) groups excluding carboxylic acids is 1. The zero-order valence-electron chi connectivity index (χ0n) is 11.8. The summed E-state index contributed by atoms with van der Waals surface area (Å²) < 4.78 is 5.42. The zero-order valence-corrected chi connectivity index (χ0v) is 11.8.